The summed E-state index contributed by atoms with van der Waals surface area (Å²) in [5.41, 5.74) is 0.740. The number of halogens is 2. The van der Waals surface area contributed by atoms with Crippen LogP contribution in [0.1, 0.15) is 30.0 Å². The first-order valence-electron chi connectivity index (χ1n) is 6.68. The Balaban J connectivity index is 2.03. The first kappa shape index (κ1) is 14.7. The molecule has 1 aromatic carbocycles. The van der Waals surface area contributed by atoms with E-state index in [4.69, 9.17) is 0 Å². The molecule has 0 radical (unpaired) electrons. The summed E-state index contributed by atoms with van der Waals surface area (Å²) in [5, 5.41) is 15.8. The van der Waals surface area contributed by atoms with E-state index < -0.39 is 6.10 Å². The number of nitrogens with zero attached hydrogens (tertiary/aromatic N) is 2. The molecular formula is C15H14BrFN2OS. The quantitative estimate of drug-likeness (QED) is 0.736. The summed E-state index contributed by atoms with van der Waals surface area (Å²) in [6, 6.07) is 6.50. The fourth-order valence-corrected chi connectivity index (χ4v) is 3.89. The molecule has 3 aromatic rings. The van der Waals surface area contributed by atoms with Crippen LogP contribution in [0.25, 0.3) is 10.1 Å². The van der Waals surface area contributed by atoms with Crippen molar-refractivity contribution in [1.29, 1.82) is 0 Å². The summed E-state index contributed by atoms with van der Waals surface area (Å²) in [4.78, 5) is 0.786. The standard InChI is InChI=1S/C15H14BrFN2OS/c1-2-5-19-14(11(16)8-18-19)15(20)13-7-9-6-10(17)3-4-12(9)21-13/h3-4,6-8,15,20H,2,5H2,1H3. The summed E-state index contributed by atoms with van der Waals surface area (Å²) in [6.45, 7) is 2.81. The Morgan fingerprint density at radius 2 is 2.24 bits per heavy atom. The average molecular weight is 369 g/mol. The van der Waals surface area contributed by atoms with Gasteiger partial charge in [-0.15, -0.1) is 11.3 Å². The Labute approximate surface area is 134 Å². The maximum atomic E-state index is 13.3. The van der Waals surface area contributed by atoms with Gasteiger partial charge in [0.05, 0.1) is 16.4 Å². The molecule has 0 saturated heterocycles. The minimum Gasteiger partial charge on any atom is -0.381 e. The number of benzene rings is 1. The zero-order valence-corrected chi connectivity index (χ0v) is 13.8. The highest BCUT2D eigenvalue weighted by Gasteiger charge is 2.21. The lowest BCUT2D eigenvalue weighted by Crippen LogP contribution is -2.09. The second-order valence-corrected chi connectivity index (χ2v) is 6.80. The van der Waals surface area contributed by atoms with Crippen LogP contribution in [-0.4, -0.2) is 14.9 Å². The molecule has 0 aliphatic heterocycles. The minimum absolute atomic E-state index is 0.265. The Morgan fingerprint density at radius 1 is 1.43 bits per heavy atom. The van der Waals surface area contributed by atoms with Crippen molar-refractivity contribution in [3.63, 3.8) is 0 Å². The van der Waals surface area contributed by atoms with Gasteiger partial charge in [0.1, 0.15) is 11.9 Å². The molecule has 1 unspecified atom stereocenters. The zero-order chi connectivity index (χ0) is 15.0. The highest BCUT2D eigenvalue weighted by Crippen LogP contribution is 2.36. The first-order chi connectivity index (χ1) is 10.1. The molecule has 110 valence electrons. The minimum atomic E-state index is -0.770. The fourth-order valence-electron chi connectivity index (χ4n) is 2.34. The van der Waals surface area contributed by atoms with E-state index >= 15 is 0 Å². The Kier molecular flexibility index (Phi) is 4.10. The van der Waals surface area contributed by atoms with Crippen LogP contribution < -0.4 is 0 Å². The van der Waals surface area contributed by atoms with Crippen LogP contribution >= 0.6 is 27.3 Å². The van der Waals surface area contributed by atoms with Gasteiger partial charge >= 0.3 is 0 Å². The third-order valence-corrected chi connectivity index (χ3v) is 5.07. The molecule has 6 heteroatoms. The third-order valence-electron chi connectivity index (χ3n) is 3.29. The number of hydrogen-bond donors (Lipinski definition) is 1. The molecule has 1 N–H and O–H groups in total. The van der Waals surface area contributed by atoms with Crippen molar-refractivity contribution in [3.8, 4) is 0 Å². The topological polar surface area (TPSA) is 38.0 Å². The zero-order valence-electron chi connectivity index (χ0n) is 11.4. The largest absolute Gasteiger partial charge is 0.381 e. The van der Waals surface area contributed by atoms with Crippen molar-refractivity contribution in [1.82, 2.24) is 9.78 Å². The molecule has 0 bridgehead atoms. The number of aromatic nitrogens is 2. The molecule has 0 aliphatic carbocycles. The van der Waals surface area contributed by atoms with Gasteiger partial charge in [0.2, 0.25) is 0 Å². The first-order valence-corrected chi connectivity index (χ1v) is 8.29. The highest BCUT2D eigenvalue weighted by atomic mass is 79.9. The van der Waals surface area contributed by atoms with Crippen LogP contribution in [-0.2, 0) is 6.54 Å². The van der Waals surface area contributed by atoms with Gasteiger partial charge in [0.25, 0.3) is 0 Å². The Bertz CT molecular complexity index is 783. The van der Waals surface area contributed by atoms with Crippen molar-refractivity contribution in [2.45, 2.75) is 26.0 Å². The van der Waals surface area contributed by atoms with Crippen molar-refractivity contribution in [2.24, 2.45) is 0 Å². The van der Waals surface area contributed by atoms with Crippen LogP contribution in [0.4, 0.5) is 4.39 Å². The van der Waals surface area contributed by atoms with Crippen molar-refractivity contribution in [2.75, 3.05) is 0 Å². The monoisotopic (exact) mass is 368 g/mol. The highest BCUT2D eigenvalue weighted by molar-refractivity contribution is 9.10. The summed E-state index contributed by atoms with van der Waals surface area (Å²) in [7, 11) is 0. The van der Waals surface area contributed by atoms with Crippen LogP contribution in [0.3, 0.4) is 0 Å². The predicted molar refractivity (Wildman–Crippen MR) is 86.1 cm³/mol. The van der Waals surface area contributed by atoms with Gasteiger partial charge < -0.3 is 5.11 Å². The summed E-state index contributed by atoms with van der Waals surface area (Å²) in [6.07, 6.45) is 1.86. The number of aryl methyl sites for hydroxylation is 1. The van der Waals surface area contributed by atoms with E-state index in [1.54, 1.807) is 16.9 Å². The molecule has 3 rings (SSSR count). The molecule has 1 atom stereocenters. The lowest BCUT2D eigenvalue weighted by atomic mass is 10.2. The smallest absolute Gasteiger partial charge is 0.131 e. The Hall–Kier alpha value is -1.24. The maximum absolute atomic E-state index is 13.3. The number of hydrogen-bond acceptors (Lipinski definition) is 3. The van der Waals surface area contributed by atoms with Crippen molar-refractivity contribution >= 4 is 37.4 Å². The molecule has 3 nitrogen and oxygen atoms in total. The molecule has 0 fully saturated rings. The second-order valence-electron chi connectivity index (χ2n) is 4.83. The molecule has 0 aliphatic rings. The lowest BCUT2D eigenvalue weighted by Gasteiger charge is -2.12. The molecule has 2 heterocycles. The van der Waals surface area contributed by atoms with Gasteiger partial charge in [-0.05, 0) is 52.0 Å². The third kappa shape index (κ3) is 2.75. The predicted octanol–water partition coefficient (Wildman–Crippen LogP) is 4.49. The van der Waals surface area contributed by atoms with Gasteiger partial charge in [-0.1, -0.05) is 6.92 Å². The van der Waals surface area contributed by atoms with Crippen LogP contribution in [0.2, 0.25) is 0 Å². The molecule has 2 aromatic heterocycles. The number of rotatable bonds is 4. The Morgan fingerprint density at radius 3 is 3.00 bits per heavy atom. The number of aliphatic hydroxyl groups is 1. The second kappa shape index (κ2) is 5.87. The van der Waals surface area contributed by atoms with E-state index in [-0.39, 0.29) is 5.82 Å². The molecule has 0 amide bonds. The molecule has 0 saturated carbocycles. The molecular weight excluding hydrogens is 355 g/mol. The molecule has 21 heavy (non-hydrogen) atoms. The average Bonchev–Trinajstić information content (AvgIpc) is 3.02. The van der Waals surface area contributed by atoms with E-state index in [0.29, 0.717) is 0 Å². The summed E-state index contributed by atoms with van der Waals surface area (Å²) >= 11 is 4.91. The van der Waals surface area contributed by atoms with Crippen molar-refractivity contribution < 1.29 is 9.50 Å². The molecule has 0 spiro atoms. The van der Waals surface area contributed by atoms with E-state index in [0.717, 1.165) is 38.1 Å². The van der Waals surface area contributed by atoms with Gasteiger partial charge in [0.15, 0.2) is 0 Å². The fraction of sp³-hybridized carbons (Fsp3) is 0.267. The van der Waals surface area contributed by atoms with E-state index in [2.05, 4.69) is 28.0 Å². The number of thiophene rings is 1. The SMILES string of the molecule is CCCn1ncc(Br)c1C(O)c1cc2cc(F)ccc2s1. The van der Waals surface area contributed by atoms with Gasteiger partial charge in [-0.3, -0.25) is 4.68 Å². The van der Waals surface area contributed by atoms with Crippen molar-refractivity contribution in [3.05, 3.63) is 51.3 Å². The van der Waals surface area contributed by atoms with E-state index in [1.807, 2.05) is 6.07 Å². The van der Waals surface area contributed by atoms with E-state index in [9.17, 15) is 9.50 Å². The van der Waals surface area contributed by atoms with E-state index in [1.165, 1.54) is 23.5 Å². The number of fused-ring (bicyclic) bond motifs is 1. The van der Waals surface area contributed by atoms with Gasteiger partial charge in [-0.2, -0.15) is 5.10 Å². The van der Waals surface area contributed by atoms with Gasteiger partial charge in [-0.25, -0.2) is 4.39 Å². The summed E-state index contributed by atoms with van der Waals surface area (Å²) < 4.78 is 16.8. The normalized spacial score (nSPS) is 13.0. The summed E-state index contributed by atoms with van der Waals surface area (Å²) in [5.74, 6) is -0.265. The van der Waals surface area contributed by atoms with Crippen LogP contribution in [0.5, 0.6) is 0 Å². The lowest BCUT2D eigenvalue weighted by molar-refractivity contribution is 0.210. The number of aliphatic hydroxyl groups excluding tert-OH is 1. The van der Waals surface area contributed by atoms with Gasteiger partial charge in [0, 0.05) is 16.1 Å². The van der Waals surface area contributed by atoms with Crippen LogP contribution in [0.15, 0.2) is 34.9 Å². The maximum Gasteiger partial charge on any atom is 0.131 e. The van der Waals surface area contributed by atoms with Crippen LogP contribution in [0, 0.1) is 5.82 Å².